The van der Waals surface area contributed by atoms with E-state index in [0.717, 1.165) is 6.42 Å². The van der Waals surface area contributed by atoms with Crippen LogP contribution in [-0.4, -0.2) is 23.0 Å². The highest BCUT2D eigenvalue weighted by Crippen LogP contribution is 2.31. The van der Waals surface area contributed by atoms with Crippen LogP contribution in [0.2, 0.25) is 5.02 Å². The second-order valence-corrected chi connectivity index (χ2v) is 4.34. The molecule has 1 aromatic heterocycles. The van der Waals surface area contributed by atoms with E-state index in [4.69, 9.17) is 11.6 Å². The third-order valence-corrected chi connectivity index (χ3v) is 3.12. The first-order valence-electron chi connectivity index (χ1n) is 5.48. The minimum atomic E-state index is -0.431. The molecule has 17 heavy (non-hydrogen) atoms. The summed E-state index contributed by atoms with van der Waals surface area (Å²) in [5, 5.41) is 14.4. The Morgan fingerprint density at radius 2 is 2.29 bits per heavy atom. The van der Waals surface area contributed by atoms with E-state index in [0.29, 0.717) is 5.69 Å². The summed E-state index contributed by atoms with van der Waals surface area (Å²) in [5.41, 5.74) is 0.482. The van der Waals surface area contributed by atoms with Gasteiger partial charge in [-0.1, -0.05) is 18.5 Å². The highest BCUT2D eigenvalue weighted by molar-refractivity contribution is 6.30. The fraction of sp³-hybridized carbons (Fsp3) is 0.545. The lowest BCUT2D eigenvalue weighted by molar-refractivity contribution is -0.386. The van der Waals surface area contributed by atoms with Crippen molar-refractivity contribution in [2.45, 2.75) is 32.2 Å². The largest absolute Gasteiger partial charge is 0.317 e. The first-order chi connectivity index (χ1) is 8.01. The normalized spacial score (nSPS) is 14.4. The number of nitro groups is 1. The summed E-state index contributed by atoms with van der Waals surface area (Å²) < 4.78 is 0. The van der Waals surface area contributed by atoms with Crippen molar-refractivity contribution < 1.29 is 4.92 Å². The first-order valence-corrected chi connectivity index (χ1v) is 5.86. The molecule has 5 nitrogen and oxygen atoms in total. The number of pyridine rings is 1. The Labute approximate surface area is 105 Å². The number of likely N-dealkylation sites (N-methyl/N-ethyl adjacent to an activating group) is 1. The molecule has 1 aromatic rings. The number of hydrogen-bond acceptors (Lipinski definition) is 4. The molecular formula is C11H16ClN3O2. The summed E-state index contributed by atoms with van der Waals surface area (Å²) in [4.78, 5) is 14.7. The van der Waals surface area contributed by atoms with E-state index in [2.05, 4.69) is 10.3 Å². The molecule has 1 heterocycles. The second kappa shape index (κ2) is 5.93. The van der Waals surface area contributed by atoms with E-state index < -0.39 is 4.92 Å². The molecule has 0 aliphatic carbocycles. The second-order valence-electron chi connectivity index (χ2n) is 3.91. The minimum Gasteiger partial charge on any atom is -0.317 e. The molecule has 0 saturated carbocycles. The number of nitrogens with zero attached hydrogens (tertiary/aromatic N) is 2. The molecule has 2 unspecified atom stereocenters. The molecule has 0 aliphatic heterocycles. The van der Waals surface area contributed by atoms with Crippen molar-refractivity contribution in [1.82, 2.24) is 10.3 Å². The third-order valence-electron chi connectivity index (χ3n) is 2.91. The summed E-state index contributed by atoms with van der Waals surface area (Å²) in [7, 11) is 1.83. The molecule has 0 fully saturated rings. The van der Waals surface area contributed by atoms with E-state index in [-0.39, 0.29) is 22.7 Å². The Kier molecular flexibility index (Phi) is 4.84. The smallest absolute Gasteiger partial charge is 0.292 e. The Balaban J connectivity index is 3.23. The van der Waals surface area contributed by atoms with Crippen molar-refractivity contribution in [3.8, 4) is 0 Å². The van der Waals surface area contributed by atoms with Crippen molar-refractivity contribution in [2.24, 2.45) is 0 Å². The number of hydrogen-bond donors (Lipinski definition) is 1. The topological polar surface area (TPSA) is 68.1 Å². The number of halogens is 1. The van der Waals surface area contributed by atoms with Crippen LogP contribution in [0.3, 0.4) is 0 Å². The van der Waals surface area contributed by atoms with Crippen LogP contribution in [0.5, 0.6) is 0 Å². The third kappa shape index (κ3) is 3.14. The molecule has 94 valence electrons. The van der Waals surface area contributed by atoms with Crippen LogP contribution >= 0.6 is 11.6 Å². The lowest BCUT2D eigenvalue weighted by atomic mass is 9.93. The molecule has 2 atom stereocenters. The molecule has 1 N–H and O–H groups in total. The van der Waals surface area contributed by atoms with Gasteiger partial charge in [-0.3, -0.25) is 15.1 Å². The predicted molar refractivity (Wildman–Crippen MR) is 67.5 cm³/mol. The average molecular weight is 258 g/mol. The molecule has 1 rings (SSSR count). The maximum absolute atomic E-state index is 11.0. The fourth-order valence-electron chi connectivity index (χ4n) is 1.86. The molecule has 0 spiro atoms. The van der Waals surface area contributed by atoms with Crippen LogP contribution in [0, 0.1) is 10.1 Å². The molecule has 0 amide bonds. The maximum Gasteiger partial charge on any atom is 0.292 e. The van der Waals surface area contributed by atoms with E-state index in [9.17, 15) is 10.1 Å². The molecule has 0 saturated heterocycles. The van der Waals surface area contributed by atoms with Gasteiger partial charge in [0.05, 0.1) is 9.95 Å². The summed E-state index contributed by atoms with van der Waals surface area (Å²) in [5.74, 6) is -0.00216. The van der Waals surface area contributed by atoms with Crippen molar-refractivity contribution in [3.05, 3.63) is 33.1 Å². The number of nitrogens with one attached hydrogen (secondary N) is 1. The molecular weight excluding hydrogens is 242 g/mol. The van der Waals surface area contributed by atoms with Crippen LogP contribution in [0.15, 0.2) is 12.3 Å². The van der Waals surface area contributed by atoms with Gasteiger partial charge in [0.2, 0.25) is 0 Å². The Morgan fingerprint density at radius 1 is 1.65 bits per heavy atom. The van der Waals surface area contributed by atoms with Crippen molar-refractivity contribution in [2.75, 3.05) is 7.05 Å². The standard InChI is InChI=1S/C11H16ClN3O2/c1-4-9(7(2)13-3)11-10(15(16)17)5-8(12)6-14-11/h5-7,9,13H,4H2,1-3H3. The maximum atomic E-state index is 11.0. The zero-order valence-electron chi connectivity index (χ0n) is 10.1. The van der Waals surface area contributed by atoms with E-state index in [1.54, 1.807) is 0 Å². The molecule has 6 heteroatoms. The van der Waals surface area contributed by atoms with Gasteiger partial charge < -0.3 is 5.32 Å². The van der Waals surface area contributed by atoms with E-state index >= 15 is 0 Å². The van der Waals surface area contributed by atoms with Crippen molar-refractivity contribution >= 4 is 17.3 Å². The van der Waals surface area contributed by atoms with Crippen LogP contribution in [0.25, 0.3) is 0 Å². The monoisotopic (exact) mass is 257 g/mol. The zero-order valence-corrected chi connectivity index (χ0v) is 10.9. The minimum absolute atomic E-state index is 0.00216. The van der Waals surface area contributed by atoms with Crippen LogP contribution in [-0.2, 0) is 0 Å². The van der Waals surface area contributed by atoms with Gasteiger partial charge >= 0.3 is 0 Å². The van der Waals surface area contributed by atoms with E-state index in [1.807, 2.05) is 20.9 Å². The van der Waals surface area contributed by atoms with Gasteiger partial charge in [-0.2, -0.15) is 0 Å². The summed E-state index contributed by atoms with van der Waals surface area (Å²) in [6.45, 7) is 3.96. The Hall–Kier alpha value is -1.20. The molecule has 0 aliphatic rings. The summed E-state index contributed by atoms with van der Waals surface area (Å²) in [6, 6.07) is 1.47. The number of aromatic nitrogens is 1. The van der Waals surface area contributed by atoms with Gasteiger partial charge in [0.15, 0.2) is 0 Å². The lowest BCUT2D eigenvalue weighted by Gasteiger charge is -2.21. The van der Waals surface area contributed by atoms with Gasteiger partial charge in [-0.25, -0.2) is 0 Å². The summed E-state index contributed by atoms with van der Waals surface area (Å²) in [6.07, 6.45) is 2.23. The van der Waals surface area contributed by atoms with Gasteiger partial charge in [0, 0.05) is 24.2 Å². The van der Waals surface area contributed by atoms with Crippen LogP contribution in [0.1, 0.15) is 31.9 Å². The van der Waals surface area contributed by atoms with Crippen molar-refractivity contribution in [1.29, 1.82) is 0 Å². The summed E-state index contributed by atoms with van der Waals surface area (Å²) >= 11 is 5.74. The van der Waals surface area contributed by atoms with Crippen molar-refractivity contribution in [3.63, 3.8) is 0 Å². The number of rotatable bonds is 5. The highest BCUT2D eigenvalue weighted by atomic mass is 35.5. The SMILES string of the molecule is CCC(c1ncc(Cl)cc1[N+](=O)[O-])C(C)NC. The van der Waals surface area contributed by atoms with Gasteiger partial charge in [-0.15, -0.1) is 0 Å². The van der Waals surface area contributed by atoms with Crippen LogP contribution in [0.4, 0.5) is 5.69 Å². The van der Waals surface area contributed by atoms with Crippen LogP contribution < -0.4 is 5.32 Å². The molecule has 0 aromatic carbocycles. The Morgan fingerprint density at radius 3 is 2.76 bits per heavy atom. The highest BCUT2D eigenvalue weighted by Gasteiger charge is 2.26. The quantitative estimate of drug-likeness (QED) is 0.651. The predicted octanol–water partition coefficient (Wildman–Crippen LogP) is 2.74. The van der Waals surface area contributed by atoms with Gasteiger partial charge in [0.1, 0.15) is 5.69 Å². The van der Waals surface area contributed by atoms with Gasteiger partial charge in [0.25, 0.3) is 5.69 Å². The first kappa shape index (κ1) is 13.9. The van der Waals surface area contributed by atoms with Gasteiger partial charge in [-0.05, 0) is 20.4 Å². The lowest BCUT2D eigenvalue weighted by Crippen LogP contribution is -2.29. The zero-order chi connectivity index (χ0) is 13.0. The fourth-order valence-corrected chi connectivity index (χ4v) is 2.01. The Bertz CT molecular complexity index is 412. The molecule has 0 bridgehead atoms. The molecule has 0 radical (unpaired) electrons. The average Bonchev–Trinajstić information content (AvgIpc) is 2.31. The van der Waals surface area contributed by atoms with E-state index in [1.165, 1.54) is 12.3 Å².